The minimum absolute atomic E-state index is 0.176. The Morgan fingerprint density at radius 3 is 2.24 bits per heavy atom. The van der Waals surface area contributed by atoms with Crippen LogP contribution in [0.25, 0.3) is 0 Å². The molecule has 0 atom stereocenters. The normalized spacial score (nSPS) is 14.8. The number of alkyl halides is 3. The van der Waals surface area contributed by atoms with Crippen LogP contribution in [0.2, 0.25) is 0 Å². The third-order valence-corrected chi connectivity index (χ3v) is 5.92. The summed E-state index contributed by atoms with van der Waals surface area (Å²) < 4.78 is 40.2. The first-order valence-corrected chi connectivity index (χ1v) is 10.9. The predicted octanol–water partition coefficient (Wildman–Crippen LogP) is 5.59. The van der Waals surface area contributed by atoms with Gasteiger partial charge in [0.25, 0.3) is 5.91 Å². The molecule has 0 aliphatic carbocycles. The van der Waals surface area contributed by atoms with E-state index >= 15 is 0 Å². The minimum Gasteiger partial charge on any atom is -0.367 e. The zero-order valence-electron chi connectivity index (χ0n) is 18.4. The lowest BCUT2D eigenvalue weighted by Crippen LogP contribution is -2.46. The van der Waals surface area contributed by atoms with Crippen molar-refractivity contribution in [3.05, 3.63) is 95.1 Å². The minimum atomic E-state index is -4.49. The summed E-state index contributed by atoms with van der Waals surface area (Å²) in [6, 6.07) is 20.8. The quantitative estimate of drug-likeness (QED) is 0.547. The van der Waals surface area contributed by atoms with Crippen molar-refractivity contribution in [3.8, 4) is 0 Å². The molecule has 1 aliphatic rings. The fourth-order valence-electron chi connectivity index (χ4n) is 4.09. The maximum absolute atomic E-state index is 13.4. The van der Waals surface area contributed by atoms with E-state index < -0.39 is 17.6 Å². The third-order valence-electron chi connectivity index (χ3n) is 5.92. The second-order valence-corrected chi connectivity index (χ2v) is 8.25. The van der Waals surface area contributed by atoms with Gasteiger partial charge in [0.1, 0.15) is 0 Å². The molecule has 0 aromatic heterocycles. The van der Waals surface area contributed by atoms with Gasteiger partial charge >= 0.3 is 6.18 Å². The molecule has 1 saturated heterocycles. The van der Waals surface area contributed by atoms with Gasteiger partial charge in [-0.2, -0.15) is 13.2 Å². The standard InChI is InChI=1S/C26H26F3N3O/c1-19-7-5-6-10-22(19)25(33)30-23-17-21(26(27,28)29)11-12-24(23)32-15-13-31(14-16-32)18-20-8-3-2-4-9-20/h2-12,17H,13-16,18H2,1H3,(H,30,33). The molecule has 1 N–H and O–H groups in total. The van der Waals surface area contributed by atoms with Gasteiger partial charge in [-0.3, -0.25) is 9.69 Å². The van der Waals surface area contributed by atoms with Crippen molar-refractivity contribution in [1.29, 1.82) is 0 Å². The average Bonchev–Trinajstić information content (AvgIpc) is 2.80. The highest BCUT2D eigenvalue weighted by atomic mass is 19.4. The van der Waals surface area contributed by atoms with Crippen LogP contribution in [0.1, 0.15) is 27.0 Å². The maximum atomic E-state index is 13.4. The SMILES string of the molecule is Cc1ccccc1C(=O)Nc1cc(C(F)(F)F)ccc1N1CCN(Cc2ccccc2)CC1. The Morgan fingerprint density at radius 2 is 1.58 bits per heavy atom. The number of halogens is 3. The molecule has 0 unspecified atom stereocenters. The lowest BCUT2D eigenvalue weighted by Gasteiger charge is -2.37. The van der Waals surface area contributed by atoms with Gasteiger partial charge in [0.2, 0.25) is 0 Å². The highest BCUT2D eigenvalue weighted by Crippen LogP contribution is 2.36. The second-order valence-electron chi connectivity index (χ2n) is 8.25. The van der Waals surface area contributed by atoms with Crippen LogP contribution in [0.15, 0.2) is 72.8 Å². The Labute approximate surface area is 191 Å². The number of nitrogens with one attached hydrogen (secondary N) is 1. The Balaban J connectivity index is 1.54. The Kier molecular flexibility index (Phi) is 6.70. The summed E-state index contributed by atoms with van der Waals surface area (Å²) in [6.45, 7) is 5.51. The van der Waals surface area contributed by atoms with Crippen LogP contribution in [-0.4, -0.2) is 37.0 Å². The van der Waals surface area contributed by atoms with Crippen LogP contribution in [0.3, 0.4) is 0 Å². The molecule has 172 valence electrons. The summed E-state index contributed by atoms with van der Waals surface area (Å²) in [6.07, 6.45) is -4.49. The molecule has 3 aromatic carbocycles. The second kappa shape index (κ2) is 9.67. The molecule has 0 spiro atoms. The van der Waals surface area contributed by atoms with Crippen molar-refractivity contribution < 1.29 is 18.0 Å². The Hall–Kier alpha value is -3.32. The van der Waals surface area contributed by atoms with Gasteiger partial charge in [-0.05, 0) is 42.3 Å². The average molecular weight is 454 g/mol. The van der Waals surface area contributed by atoms with E-state index in [9.17, 15) is 18.0 Å². The number of anilines is 2. The number of hydrogen-bond donors (Lipinski definition) is 1. The van der Waals surface area contributed by atoms with E-state index in [-0.39, 0.29) is 5.69 Å². The summed E-state index contributed by atoms with van der Waals surface area (Å²) in [4.78, 5) is 17.2. The number of aryl methyl sites for hydroxylation is 1. The van der Waals surface area contributed by atoms with Crippen LogP contribution < -0.4 is 10.2 Å². The van der Waals surface area contributed by atoms with Gasteiger partial charge in [0.15, 0.2) is 0 Å². The summed E-state index contributed by atoms with van der Waals surface area (Å²) in [7, 11) is 0. The molecule has 3 aromatic rings. The van der Waals surface area contributed by atoms with E-state index in [2.05, 4.69) is 22.3 Å². The highest BCUT2D eigenvalue weighted by molar-refractivity contribution is 6.07. The molecule has 0 bridgehead atoms. The first kappa shape index (κ1) is 22.9. The van der Waals surface area contributed by atoms with Crippen molar-refractivity contribution >= 4 is 17.3 Å². The molecule has 1 heterocycles. The molecule has 4 nitrogen and oxygen atoms in total. The van der Waals surface area contributed by atoms with Crippen LogP contribution in [-0.2, 0) is 12.7 Å². The first-order chi connectivity index (χ1) is 15.8. The molecule has 1 amide bonds. The lowest BCUT2D eigenvalue weighted by atomic mass is 10.1. The van der Waals surface area contributed by atoms with Gasteiger partial charge in [0.05, 0.1) is 16.9 Å². The van der Waals surface area contributed by atoms with Gasteiger partial charge in [0, 0.05) is 38.3 Å². The predicted molar refractivity (Wildman–Crippen MR) is 125 cm³/mol. The number of nitrogens with zero attached hydrogens (tertiary/aromatic N) is 2. The molecular formula is C26H26F3N3O. The number of carbonyl (C=O) groups excluding carboxylic acids is 1. The van der Waals surface area contributed by atoms with Gasteiger partial charge in [-0.25, -0.2) is 0 Å². The molecule has 4 rings (SSSR count). The molecule has 0 saturated carbocycles. The smallest absolute Gasteiger partial charge is 0.367 e. The van der Waals surface area contributed by atoms with Crippen molar-refractivity contribution in [2.75, 3.05) is 36.4 Å². The van der Waals surface area contributed by atoms with E-state index in [1.54, 1.807) is 25.1 Å². The van der Waals surface area contributed by atoms with Crippen molar-refractivity contribution in [3.63, 3.8) is 0 Å². The number of carbonyl (C=O) groups is 1. The zero-order chi connectivity index (χ0) is 23.4. The third kappa shape index (κ3) is 5.54. The number of rotatable bonds is 5. The van der Waals surface area contributed by atoms with Crippen molar-refractivity contribution in [2.24, 2.45) is 0 Å². The Morgan fingerprint density at radius 1 is 0.909 bits per heavy atom. The fourth-order valence-corrected chi connectivity index (χ4v) is 4.09. The lowest BCUT2D eigenvalue weighted by molar-refractivity contribution is -0.137. The molecule has 1 aliphatic heterocycles. The van der Waals surface area contributed by atoms with E-state index in [1.165, 1.54) is 11.6 Å². The molecular weight excluding hydrogens is 427 g/mol. The van der Waals surface area contributed by atoms with E-state index in [0.717, 1.165) is 37.3 Å². The number of piperazine rings is 1. The number of benzene rings is 3. The summed E-state index contributed by atoms with van der Waals surface area (Å²) in [5.74, 6) is -0.420. The largest absolute Gasteiger partial charge is 0.416 e. The van der Waals surface area contributed by atoms with Crippen LogP contribution in [0, 0.1) is 6.92 Å². The van der Waals surface area contributed by atoms with Crippen molar-refractivity contribution in [1.82, 2.24) is 4.90 Å². The highest BCUT2D eigenvalue weighted by Gasteiger charge is 2.32. The van der Waals surface area contributed by atoms with Gasteiger partial charge in [-0.1, -0.05) is 48.5 Å². The molecule has 1 fully saturated rings. The van der Waals surface area contributed by atoms with E-state index in [0.29, 0.717) is 24.3 Å². The monoisotopic (exact) mass is 453 g/mol. The zero-order valence-corrected chi connectivity index (χ0v) is 18.4. The van der Waals surface area contributed by atoms with Crippen molar-refractivity contribution in [2.45, 2.75) is 19.6 Å². The number of amides is 1. The number of hydrogen-bond acceptors (Lipinski definition) is 3. The van der Waals surface area contributed by atoms with Gasteiger partial charge in [-0.15, -0.1) is 0 Å². The summed E-state index contributed by atoms with van der Waals surface area (Å²) >= 11 is 0. The van der Waals surface area contributed by atoms with Crippen LogP contribution in [0.5, 0.6) is 0 Å². The fraction of sp³-hybridized carbons (Fsp3) is 0.269. The summed E-state index contributed by atoms with van der Waals surface area (Å²) in [5.41, 5.74) is 2.42. The topological polar surface area (TPSA) is 35.6 Å². The summed E-state index contributed by atoms with van der Waals surface area (Å²) in [5, 5.41) is 2.73. The van der Waals surface area contributed by atoms with Crippen LogP contribution >= 0.6 is 0 Å². The molecule has 0 radical (unpaired) electrons. The molecule has 33 heavy (non-hydrogen) atoms. The van der Waals surface area contributed by atoms with E-state index in [1.807, 2.05) is 29.2 Å². The first-order valence-electron chi connectivity index (χ1n) is 10.9. The molecule has 7 heteroatoms. The maximum Gasteiger partial charge on any atom is 0.416 e. The Bertz CT molecular complexity index is 1110. The van der Waals surface area contributed by atoms with Gasteiger partial charge < -0.3 is 10.2 Å². The van der Waals surface area contributed by atoms with Crippen LogP contribution in [0.4, 0.5) is 24.5 Å². The van der Waals surface area contributed by atoms with E-state index in [4.69, 9.17) is 0 Å².